The molecule has 0 saturated carbocycles. The Bertz CT molecular complexity index is 911. The molecule has 1 aliphatic rings. The van der Waals surface area contributed by atoms with Gasteiger partial charge in [0.2, 0.25) is 0 Å². The maximum absolute atomic E-state index is 13.4. The molecule has 2 aromatic rings. The first-order valence-electron chi connectivity index (χ1n) is 9.35. The van der Waals surface area contributed by atoms with Crippen molar-refractivity contribution in [3.63, 3.8) is 0 Å². The molecule has 0 spiro atoms. The van der Waals surface area contributed by atoms with E-state index in [-0.39, 0.29) is 5.57 Å². The van der Waals surface area contributed by atoms with Crippen LogP contribution in [0.2, 0.25) is 0 Å². The average Bonchev–Trinajstić information content (AvgIpc) is 3.14. The highest BCUT2D eigenvalue weighted by Gasteiger charge is 2.16. The highest BCUT2D eigenvalue weighted by molar-refractivity contribution is 6.06. The minimum absolute atomic E-state index is 0.140. The maximum Gasteiger partial charge on any atom is 0.258 e. The van der Waals surface area contributed by atoms with Gasteiger partial charge in [0.15, 0.2) is 0 Å². The Hall–Kier alpha value is -3.14. The van der Waals surface area contributed by atoms with Crippen molar-refractivity contribution < 1.29 is 13.9 Å². The number of nitrogens with one attached hydrogen (secondary N) is 1. The summed E-state index contributed by atoms with van der Waals surface area (Å²) in [6.45, 7) is 13.4. The smallest absolute Gasteiger partial charge is 0.258 e. The quantitative estimate of drug-likeness (QED) is 0.499. The van der Waals surface area contributed by atoms with Gasteiger partial charge in [-0.25, -0.2) is 4.39 Å². The summed E-state index contributed by atoms with van der Waals surface area (Å²) >= 11 is 0. The zero-order valence-electron chi connectivity index (χ0n) is 16.6. The number of hydrogen-bond donors (Lipinski definition) is 1. The molecule has 0 saturated heterocycles. The predicted octanol–water partition coefficient (Wildman–Crippen LogP) is 6.16. The van der Waals surface area contributed by atoms with Gasteiger partial charge in [-0.05, 0) is 59.5 Å². The summed E-state index contributed by atoms with van der Waals surface area (Å²) in [5.41, 5.74) is 4.97. The summed E-state index contributed by atoms with van der Waals surface area (Å²) in [4.78, 5) is 12.1. The van der Waals surface area contributed by atoms with Crippen LogP contribution in [0.4, 0.5) is 10.1 Å². The first kappa shape index (κ1) is 21.2. The Kier molecular flexibility index (Phi) is 7.33. The van der Waals surface area contributed by atoms with Crippen molar-refractivity contribution >= 4 is 11.6 Å². The van der Waals surface area contributed by atoms with Crippen molar-refractivity contribution in [2.24, 2.45) is 0 Å². The third-order valence-corrected chi connectivity index (χ3v) is 4.31. The van der Waals surface area contributed by atoms with Crippen molar-refractivity contribution in [3.05, 3.63) is 84.2 Å². The van der Waals surface area contributed by atoms with Crippen LogP contribution < -0.4 is 10.1 Å². The van der Waals surface area contributed by atoms with E-state index >= 15 is 0 Å². The number of benzene rings is 2. The van der Waals surface area contributed by atoms with Gasteiger partial charge in [0, 0.05) is 12.1 Å². The Balaban J connectivity index is 0.00000136. The fourth-order valence-electron chi connectivity index (χ4n) is 2.98. The molecule has 2 aromatic carbocycles. The first-order chi connectivity index (χ1) is 13.5. The second-order valence-corrected chi connectivity index (χ2v) is 6.13. The molecule has 0 aromatic heterocycles. The first-order valence-corrected chi connectivity index (χ1v) is 9.35. The molecule has 1 heterocycles. The van der Waals surface area contributed by atoms with Gasteiger partial charge in [-0.1, -0.05) is 45.2 Å². The number of hydrogen-bond acceptors (Lipinski definition) is 2. The molecule has 0 aliphatic carbocycles. The number of carbonyl (C=O) groups is 1. The molecular formula is C24H26FNO2. The average molecular weight is 379 g/mol. The summed E-state index contributed by atoms with van der Waals surface area (Å²) in [6, 6.07) is 11.7. The van der Waals surface area contributed by atoms with Crippen LogP contribution in [0.1, 0.15) is 25.0 Å². The summed E-state index contributed by atoms with van der Waals surface area (Å²) in [5, 5.41) is 2.67. The SMILES string of the molecule is C=C/C=C(\C(=C)F)C(=O)Nc1ccc(-c2cc3c(cc2C)OCC3)cc1.CC. The van der Waals surface area contributed by atoms with Gasteiger partial charge in [-0.2, -0.15) is 0 Å². The molecule has 0 bridgehead atoms. The van der Waals surface area contributed by atoms with Crippen LogP contribution >= 0.6 is 0 Å². The second-order valence-electron chi connectivity index (χ2n) is 6.13. The van der Waals surface area contributed by atoms with Crippen LogP contribution in [-0.4, -0.2) is 12.5 Å². The molecule has 3 nitrogen and oxygen atoms in total. The number of fused-ring (bicyclic) bond motifs is 1. The fraction of sp³-hybridized carbons (Fsp3) is 0.208. The van der Waals surface area contributed by atoms with Gasteiger partial charge in [-0.15, -0.1) is 0 Å². The zero-order chi connectivity index (χ0) is 20.7. The number of ether oxygens (including phenoxy) is 1. The van der Waals surface area contributed by atoms with Crippen molar-refractivity contribution in [2.45, 2.75) is 27.2 Å². The minimum Gasteiger partial charge on any atom is -0.493 e. The minimum atomic E-state index is -0.796. The van der Waals surface area contributed by atoms with Crippen LogP contribution in [-0.2, 0) is 11.2 Å². The van der Waals surface area contributed by atoms with Crippen molar-refractivity contribution in [3.8, 4) is 16.9 Å². The number of allylic oxidation sites excluding steroid dienone is 2. The summed E-state index contributed by atoms with van der Waals surface area (Å²) in [5.74, 6) is -0.394. The van der Waals surface area contributed by atoms with Crippen LogP contribution in [0.25, 0.3) is 11.1 Å². The van der Waals surface area contributed by atoms with Crippen molar-refractivity contribution in [2.75, 3.05) is 11.9 Å². The van der Waals surface area contributed by atoms with E-state index in [1.54, 1.807) is 12.1 Å². The molecule has 0 radical (unpaired) electrons. The van der Waals surface area contributed by atoms with E-state index in [0.29, 0.717) is 5.69 Å². The third-order valence-electron chi connectivity index (χ3n) is 4.31. The van der Waals surface area contributed by atoms with Crippen molar-refractivity contribution in [1.82, 2.24) is 0 Å². The summed E-state index contributed by atoms with van der Waals surface area (Å²) in [6.07, 6.45) is 3.56. The van der Waals surface area contributed by atoms with E-state index in [2.05, 4.69) is 30.6 Å². The molecular weight excluding hydrogens is 353 g/mol. The fourth-order valence-corrected chi connectivity index (χ4v) is 2.98. The number of rotatable bonds is 5. The number of carbonyl (C=O) groups excluding carboxylic acids is 1. The van der Waals surface area contributed by atoms with E-state index in [4.69, 9.17) is 4.74 Å². The second kappa shape index (κ2) is 9.70. The number of aryl methyl sites for hydroxylation is 1. The molecule has 1 N–H and O–H groups in total. The highest BCUT2D eigenvalue weighted by atomic mass is 19.1. The van der Waals surface area contributed by atoms with E-state index in [0.717, 1.165) is 35.5 Å². The lowest BCUT2D eigenvalue weighted by molar-refractivity contribution is -0.112. The van der Waals surface area contributed by atoms with Crippen LogP contribution in [0.5, 0.6) is 5.75 Å². The monoisotopic (exact) mass is 379 g/mol. The lowest BCUT2D eigenvalue weighted by Gasteiger charge is -2.11. The Labute approximate surface area is 166 Å². The maximum atomic E-state index is 13.4. The van der Waals surface area contributed by atoms with Crippen molar-refractivity contribution in [1.29, 1.82) is 0 Å². The van der Waals surface area contributed by atoms with Gasteiger partial charge >= 0.3 is 0 Å². The van der Waals surface area contributed by atoms with E-state index in [1.807, 2.05) is 32.9 Å². The Morgan fingerprint density at radius 2 is 1.89 bits per heavy atom. The van der Waals surface area contributed by atoms with E-state index in [1.165, 1.54) is 17.7 Å². The Morgan fingerprint density at radius 3 is 2.50 bits per heavy atom. The standard InChI is InChI=1S/C22H20FNO2.C2H6/c1-4-5-19(15(3)23)22(25)24-18-8-6-16(7-9-18)20-13-17-10-11-26-21(17)12-14(20)2;1-2/h4-9,12-13H,1,3,10-11H2,2H3,(H,24,25);1-2H3/b19-5+;. The lowest BCUT2D eigenvalue weighted by atomic mass is 9.97. The van der Waals surface area contributed by atoms with Gasteiger partial charge < -0.3 is 10.1 Å². The highest BCUT2D eigenvalue weighted by Crippen LogP contribution is 2.34. The normalized spacial score (nSPS) is 12.2. The molecule has 3 rings (SSSR count). The van der Waals surface area contributed by atoms with Gasteiger partial charge in [0.1, 0.15) is 11.6 Å². The predicted molar refractivity (Wildman–Crippen MR) is 114 cm³/mol. The van der Waals surface area contributed by atoms with Gasteiger partial charge in [0.25, 0.3) is 5.91 Å². The third kappa shape index (κ3) is 4.77. The number of amides is 1. The summed E-state index contributed by atoms with van der Waals surface area (Å²) in [7, 11) is 0. The molecule has 4 heteroatoms. The molecule has 146 valence electrons. The molecule has 0 unspecified atom stereocenters. The number of halogens is 1. The summed E-state index contributed by atoms with van der Waals surface area (Å²) < 4.78 is 19.0. The van der Waals surface area contributed by atoms with Crippen LogP contribution in [0.15, 0.2) is 73.1 Å². The topological polar surface area (TPSA) is 38.3 Å². The van der Waals surface area contributed by atoms with Crippen LogP contribution in [0, 0.1) is 6.92 Å². The molecule has 0 fully saturated rings. The number of anilines is 1. The van der Waals surface area contributed by atoms with Crippen LogP contribution in [0.3, 0.4) is 0 Å². The molecule has 1 amide bonds. The lowest BCUT2D eigenvalue weighted by Crippen LogP contribution is -2.14. The van der Waals surface area contributed by atoms with E-state index < -0.39 is 11.7 Å². The Morgan fingerprint density at radius 1 is 1.21 bits per heavy atom. The molecule has 28 heavy (non-hydrogen) atoms. The largest absolute Gasteiger partial charge is 0.493 e. The van der Waals surface area contributed by atoms with Gasteiger partial charge in [-0.3, -0.25) is 4.79 Å². The van der Waals surface area contributed by atoms with Gasteiger partial charge in [0.05, 0.1) is 12.2 Å². The zero-order valence-corrected chi connectivity index (χ0v) is 16.6. The molecule has 0 atom stereocenters. The molecule has 1 aliphatic heterocycles. The van der Waals surface area contributed by atoms with E-state index in [9.17, 15) is 9.18 Å².